The topological polar surface area (TPSA) is 51.6 Å². The van der Waals surface area contributed by atoms with Gasteiger partial charge in [-0.2, -0.15) is 18.2 Å². The average molecular weight is 645 g/mol. The number of hydrogen-bond donors (Lipinski definition) is 0. The van der Waals surface area contributed by atoms with E-state index >= 15 is 0 Å². The van der Waals surface area contributed by atoms with Gasteiger partial charge >= 0.3 is 17.1 Å². The first-order chi connectivity index (χ1) is 20.6. The number of allylic oxidation sites excluding steroid dienone is 10. The molecule has 6 aliphatic carbocycles. The molecule has 0 spiro atoms. The second kappa shape index (κ2) is 12.8. The maximum Gasteiger partial charge on any atom is 2.00 e. The van der Waals surface area contributed by atoms with Gasteiger partial charge in [-0.3, -0.25) is 19.9 Å². The molecule has 2 aromatic heterocycles. The molecule has 4 bridgehead atoms. The van der Waals surface area contributed by atoms with Gasteiger partial charge in [-0.25, -0.2) is 12.1 Å². The third-order valence-corrected chi connectivity index (χ3v) is 11.6. The SMILES string of the molecule is PCC1C2CC3CC(C2)CC1(C1=CC(=C2C=CC=C[CH-]2)C=C1C(P)(c1cnccn1)c1cnccn1)C3.[Fe+2].c1cc[cH-]c1. The second-order valence-corrected chi connectivity index (χ2v) is 13.8. The van der Waals surface area contributed by atoms with Gasteiger partial charge in [0.25, 0.3) is 0 Å². The fraction of sp³-hybridized carbons (Fsp3) is 0.333. The van der Waals surface area contributed by atoms with Crippen LogP contribution in [-0.4, -0.2) is 26.1 Å². The van der Waals surface area contributed by atoms with E-state index in [1.54, 1.807) is 24.8 Å². The largest absolute Gasteiger partial charge is 2.00 e. The van der Waals surface area contributed by atoms with Crippen LogP contribution in [0.5, 0.6) is 0 Å². The number of aromatic nitrogens is 4. The van der Waals surface area contributed by atoms with Gasteiger partial charge in [0.2, 0.25) is 0 Å². The van der Waals surface area contributed by atoms with Crippen molar-refractivity contribution in [3.63, 3.8) is 0 Å². The third kappa shape index (κ3) is 5.49. The molecular weight excluding hydrogens is 606 g/mol. The Labute approximate surface area is 271 Å². The molecule has 4 fully saturated rings. The summed E-state index contributed by atoms with van der Waals surface area (Å²) >= 11 is 0. The molecule has 7 heteroatoms. The molecular formula is C36H38FeN4P2. The van der Waals surface area contributed by atoms with Crippen LogP contribution in [0.4, 0.5) is 0 Å². The van der Waals surface area contributed by atoms with E-state index in [0.29, 0.717) is 5.92 Å². The van der Waals surface area contributed by atoms with Crippen LogP contribution >= 0.6 is 18.5 Å². The number of rotatable bonds is 5. The molecule has 220 valence electrons. The van der Waals surface area contributed by atoms with Crippen molar-refractivity contribution in [2.45, 2.75) is 37.3 Å². The van der Waals surface area contributed by atoms with Crippen molar-refractivity contribution in [2.75, 3.05) is 6.16 Å². The zero-order valence-electron chi connectivity index (χ0n) is 24.2. The Hall–Kier alpha value is -2.54. The van der Waals surface area contributed by atoms with Crippen molar-refractivity contribution in [1.82, 2.24) is 19.9 Å². The summed E-state index contributed by atoms with van der Waals surface area (Å²) in [6.07, 6.45) is 34.6. The summed E-state index contributed by atoms with van der Waals surface area (Å²) < 4.78 is 0. The van der Waals surface area contributed by atoms with Crippen molar-refractivity contribution in [3.8, 4) is 0 Å². The summed E-state index contributed by atoms with van der Waals surface area (Å²) in [5.74, 6) is 3.21. The van der Waals surface area contributed by atoms with Crippen molar-refractivity contribution >= 4 is 18.5 Å². The molecule has 5 unspecified atom stereocenters. The summed E-state index contributed by atoms with van der Waals surface area (Å²) in [6, 6.07) is 10.0. The smallest absolute Gasteiger partial charge is 0.261 e. The zero-order valence-corrected chi connectivity index (χ0v) is 27.7. The summed E-state index contributed by atoms with van der Waals surface area (Å²) in [5.41, 5.74) is 7.30. The Morgan fingerprint density at radius 3 is 2.07 bits per heavy atom. The normalized spacial score (nSPS) is 30.1. The van der Waals surface area contributed by atoms with Crippen molar-refractivity contribution in [2.24, 2.45) is 29.1 Å². The minimum absolute atomic E-state index is 0. The molecule has 0 aliphatic heterocycles. The Bertz CT molecular complexity index is 1490. The first-order valence-electron chi connectivity index (χ1n) is 15.2. The number of hydrogen-bond acceptors (Lipinski definition) is 4. The summed E-state index contributed by atoms with van der Waals surface area (Å²) in [6.45, 7) is 0. The van der Waals surface area contributed by atoms with Gasteiger partial charge in [0.05, 0.1) is 28.9 Å². The Morgan fingerprint density at radius 2 is 1.56 bits per heavy atom. The zero-order chi connectivity index (χ0) is 28.6. The predicted octanol–water partition coefficient (Wildman–Crippen LogP) is 7.60. The first kappa shape index (κ1) is 30.5. The van der Waals surface area contributed by atoms with Crippen LogP contribution < -0.4 is 0 Å². The van der Waals surface area contributed by atoms with Gasteiger partial charge in [-0.05, 0) is 78.5 Å². The molecule has 4 nitrogen and oxygen atoms in total. The van der Waals surface area contributed by atoms with E-state index in [1.807, 2.05) is 42.7 Å². The maximum atomic E-state index is 4.86. The van der Waals surface area contributed by atoms with Gasteiger partial charge < -0.3 is 0 Å². The molecule has 6 aliphatic rings. The molecule has 43 heavy (non-hydrogen) atoms. The summed E-state index contributed by atoms with van der Waals surface area (Å²) in [5, 5.41) is -0.639. The van der Waals surface area contributed by atoms with Gasteiger partial charge in [0.15, 0.2) is 0 Å². The summed E-state index contributed by atoms with van der Waals surface area (Å²) in [7, 11) is 6.29. The van der Waals surface area contributed by atoms with E-state index in [4.69, 9.17) is 9.97 Å². The quantitative estimate of drug-likeness (QED) is 0.163. The van der Waals surface area contributed by atoms with Crippen molar-refractivity contribution in [3.05, 3.63) is 144 Å². The molecule has 0 radical (unpaired) electrons. The van der Waals surface area contributed by atoms with Crippen LogP contribution in [0.1, 0.15) is 43.5 Å². The Morgan fingerprint density at radius 1 is 0.884 bits per heavy atom. The average Bonchev–Trinajstić information content (AvgIpc) is 3.77. The van der Waals surface area contributed by atoms with Crippen LogP contribution in [-0.2, 0) is 22.2 Å². The van der Waals surface area contributed by atoms with Crippen LogP contribution in [0.3, 0.4) is 0 Å². The molecule has 9 rings (SSSR count). The van der Waals surface area contributed by atoms with E-state index in [2.05, 4.69) is 71.3 Å². The maximum absolute atomic E-state index is 4.86. The molecule has 5 atom stereocenters. The van der Waals surface area contributed by atoms with Gasteiger partial charge in [0, 0.05) is 24.8 Å². The van der Waals surface area contributed by atoms with Crippen molar-refractivity contribution < 1.29 is 17.1 Å². The predicted molar refractivity (Wildman–Crippen MR) is 176 cm³/mol. The number of nitrogens with zero attached hydrogens (tertiary/aromatic N) is 4. The Balaban J connectivity index is 0.000000500. The second-order valence-electron chi connectivity index (χ2n) is 12.5. The van der Waals surface area contributed by atoms with E-state index in [0.717, 1.165) is 35.3 Å². The van der Waals surface area contributed by atoms with E-state index in [9.17, 15) is 0 Å². The summed E-state index contributed by atoms with van der Waals surface area (Å²) in [4.78, 5) is 18.7. The van der Waals surface area contributed by atoms with Crippen LogP contribution in [0.2, 0.25) is 0 Å². The van der Waals surface area contributed by atoms with Gasteiger partial charge in [0.1, 0.15) is 0 Å². The first-order valence-corrected chi connectivity index (χ1v) is 16.6. The van der Waals surface area contributed by atoms with E-state index < -0.39 is 5.16 Å². The fourth-order valence-electron chi connectivity index (χ4n) is 8.76. The molecule has 3 aromatic rings. The minimum Gasteiger partial charge on any atom is -0.261 e. The van der Waals surface area contributed by atoms with Crippen LogP contribution in [0.25, 0.3) is 0 Å². The van der Waals surface area contributed by atoms with Crippen molar-refractivity contribution in [1.29, 1.82) is 0 Å². The molecule has 2 heterocycles. The van der Waals surface area contributed by atoms with Gasteiger partial charge in [-0.1, -0.05) is 17.7 Å². The molecule has 4 saturated carbocycles. The third-order valence-electron chi connectivity index (χ3n) is 10.2. The minimum atomic E-state index is -0.639. The van der Waals surface area contributed by atoms with Crippen LogP contribution in [0, 0.1) is 35.5 Å². The molecule has 0 amide bonds. The van der Waals surface area contributed by atoms with E-state index in [1.165, 1.54) is 54.4 Å². The fourth-order valence-corrected chi connectivity index (χ4v) is 10.1. The monoisotopic (exact) mass is 644 g/mol. The van der Waals surface area contributed by atoms with Crippen LogP contribution in [0.15, 0.2) is 126 Å². The molecule has 1 aromatic carbocycles. The molecule has 0 N–H and O–H groups in total. The van der Waals surface area contributed by atoms with E-state index in [-0.39, 0.29) is 22.5 Å². The Kier molecular flexibility index (Phi) is 9.09. The standard InChI is InChI=1S/C31H33N4P2.C5H5.Fe/c36-19-27-24-11-20-10-21(12-24)16-30(27,15-20)25-13-23(22-4-2-1-3-5-22)14-26(25)31(37,28-17-32-6-8-34-28)29-18-33-7-9-35-29;1-2-4-5-3-1;/h1-9,13-14,17-18,20-21,24,27H,10-12,15-16,19,36-37H2;1-5H;/q2*-1;+2. The van der Waals surface area contributed by atoms with Gasteiger partial charge in [-0.15, -0.1) is 54.8 Å². The molecule has 0 saturated heterocycles.